The molecule has 9 N–H and O–H groups in total. The highest BCUT2D eigenvalue weighted by atomic mass is 32.2. The molecule has 4 atom stereocenters. The number of imide groups is 1. The highest BCUT2D eigenvalue weighted by Crippen LogP contribution is 2.26. The zero-order valence-corrected chi connectivity index (χ0v) is 33.3. The van der Waals surface area contributed by atoms with Crippen molar-refractivity contribution in [3.63, 3.8) is 0 Å². The Balaban J connectivity index is 1.78. The molecular formula is C36H58N8O11S. The molecule has 1 aromatic heterocycles. The van der Waals surface area contributed by atoms with Gasteiger partial charge >= 0.3 is 0 Å². The molecule has 1 unspecified atom stereocenters. The lowest BCUT2D eigenvalue weighted by molar-refractivity contribution is -0.138. The Bertz CT molecular complexity index is 1480. The molecule has 56 heavy (non-hydrogen) atoms. The van der Waals surface area contributed by atoms with Gasteiger partial charge in [-0.3, -0.25) is 43.3 Å². The van der Waals surface area contributed by atoms with Crippen molar-refractivity contribution in [2.75, 3.05) is 58.9 Å². The van der Waals surface area contributed by atoms with E-state index in [1.165, 1.54) is 38.1 Å². The molecular weight excluding hydrogens is 753 g/mol. The molecule has 0 aliphatic carbocycles. The maximum absolute atomic E-state index is 13.4. The number of carbonyl (C=O) groups excluding carboxylic acids is 8. The van der Waals surface area contributed by atoms with Gasteiger partial charge in [0, 0.05) is 88.8 Å². The number of H-pyrrole nitrogens is 1. The molecule has 2 heterocycles. The van der Waals surface area contributed by atoms with Crippen LogP contribution in [0.1, 0.15) is 70.9 Å². The van der Waals surface area contributed by atoms with Crippen molar-refractivity contribution < 1.29 is 52.9 Å². The van der Waals surface area contributed by atoms with Crippen LogP contribution in [0.4, 0.5) is 0 Å². The lowest BCUT2D eigenvalue weighted by Gasteiger charge is -2.28. The normalized spacial score (nSPS) is 15.9. The molecule has 314 valence electrons. The third-order valence-corrected chi connectivity index (χ3v) is 10.3. The van der Waals surface area contributed by atoms with E-state index in [9.17, 15) is 43.5 Å². The summed E-state index contributed by atoms with van der Waals surface area (Å²) in [6.45, 7) is 4.08. The Labute approximate surface area is 330 Å². The van der Waals surface area contributed by atoms with Crippen LogP contribution in [-0.4, -0.2) is 143 Å². The number of ether oxygens (including phenoxy) is 2. The van der Waals surface area contributed by atoms with E-state index in [4.69, 9.17) is 20.9 Å². The Morgan fingerprint density at radius 2 is 1.75 bits per heavy atom. The SMILES string of the molecule is COCCOCCNC(=O)CCN1C(=O)CC(SCCC(=O)NCCCC[C@H](CC(=O)C(C)(C)NC(=O)[C@@H](N)Cc2cnc[nH]2)C(=O)C[C@@H](CO)C(N)=O)C1=O. The van der Waals surface area contributed by atoms with Crippen LogP contribution in [0.25, 0.3) is 0 Å². The second-order valence-electron chi connectivity index (χ2n) is 14.0. The number of likely N-dealkylation sites (tertiary alicyclic amines) is 1. The first-order chi connectivity index (χ1) is 26.6. The second-order valence-corrected chi connectivity index (χ2v) is 15.3. The first-order valence-corrected chi connectivity index (χ1v) is 19.7. The minimum atomic E-state index is -1.38. The number of Topliss-reactive ketones (excluding diaryl/α,β-unsaturated/α-hetero) is 2. The van der Waals surface area contributed by atoms with Crippen molar-refractivity contribution in [1.82, 2.24) is 30.8 Å². The minimum absolute atomic E-state index is 0.00989. The van der Waals surface area contributed by atoms with Gasteiger partial charge < -0.3 is 47.0 Å². The predicted molar refractivity (Wildman–Crippen MR) is 204 cm³/mol. The Hall–Kier alpha value is -4.24. The summed E-state index contributed by atoms with van der Waals surface area (Å²) < 4.78 is 10.1. The molecule has 19 nitrogen and oxygen atoms in total. The fourth-order valence-corrected chi connectivity index (χ4v) is 6.79. The number of thioether (sulfide) groups is 1. The smallest absolute Gasteiger partial charge is 0.242 e. The summed E-state index contributed by atoms with van der Waals surface area (Å²) in [5.41, 5.74) is 10.6. The number of unbranched alkanes of at least 4 members (excludes halogenated alkanes) is 1. The van der Waals surface area contributed by atoms with Gasteiger partial charge in [-0.1, -0.05) is 6.42 Å². The number of aliphatic hydroxyl groups excluding tert-OH is 1. The van der Waals surface area contributed by atoms with Crippen molar-refractivity contribution in [3.8, 4) is 0 Å². The molecule has 0 saturated carbocycles. The predicted octanol–water partition coefficient (Wildman–Crippen LogP) is -1.49. The quantitative estimate of drug-likeness (QED) is 0.0344. The number of nitrogens with two attached hydrogens (primary N) is 2. The number of rotatable bonds is 30. The minimum Gasteiger partial charge on any atom is -0.396 e. The number of aromatic amines is 1. The summed E-state index contributed by atoms with van der Waals surface area (Å²) in [4.78, 5) is 109. The van der Waals surface area contributed by atoms with E-state index in [1.54, 1.807) is 7.11 Å². The topological polar surface area (TPSA) is 295 Å². The lowest BCUT2D eigenvalue weighted by Crippen LogP contribution is -2.55. The van der Waals surface area contributed by atoms with Gasteiger partial charge in [0.25, 0.3) is 0 Å². The van der Waals surface area contributed by atoms with Crippen LogP contribution in [0.3, 0.4) is 0 Å². The number of aromatic nitrogens is 2. The van der Waals surface area contributed by atoms with Gasteiger partial charge in [-0.15, -0.1) is 11.8 Å². The third-order valence-electron chi connectivity index (χ3n) is 9.14. The van der Waals surface area contributed by atoms with Crippen LogP contribution in [0, 0.1) is 11.8 Å². The Morgan fingerprint density at radius 3 is 2.41 bits per heavy atom. The Morgan fingerprint density at radius 1 is 1.04 bits per heavy atom. The highest BCUT2D eigenvalue weighted by Gasteiger charge is 2.39. The average molecular weight is 811 g/mol. The molecule has 1 aliphatic heterocycles. The molecule has 2 rings (SSSR count). The number of carbonyl (C=O) groups is 8. The highest BCUT2D eigenvalue weighted by molar-refractivity contribution is 8.00. The molecule has 0 bridgehead atoms. The summed E-state index contributed by atoms with van der Waals surface area (Å²) in [6, 6.07) is -0.964. The largest absolute Gasteiger partial charge is 0.396 e. The number of methoxy groups -OCH3 is 1. The van der Waals surface area contributed by atoms with Gasteiger partial charge in [-0.2, -0.15) is 0 Å². The van der Waals surface area contributed by atoms with Crippen LogP contribution in [0.2, 0.25) is 0 Å². The number of primary amides is 1. The molecule has 0 radical (unpaired) electrons. The number of amides is 6. The van der Waals surface area contributed by atoms with Crippen LogP contribution in [-0.2, 0) is 54.3 Å². The maximum atomic E-state index is 13.4. The summed E-state index contributed by atoms with van der Waals surface area (Å²) >= 11 is 1.20. The fraction of sp³-hybridized carbons (Fsp3) is 0.694. The fourth-order valence-electron chi connectivity index (χ4n) is 5.67. The average Bonchev–Trinajstić information content (AvgIpc) is 3.75. The molecule has 6 amide bonds. The summed E-state index contributed by atoms with van der Waals surface area (Å²) in [7, 11) is 1.56. The van der Waals surface area contributed by atoms with Crippen LogP contribution in [0.15, 0.2) is 12.5 Å². The zero-order chi connectivity index (χ0) is 41.7. The number of ketones is 2. The number of nitrogens with one attached hydrogen (secondary N) is 4. The van der Waals surface area contributed by atoms with Crippen molar-refractivity contribution in [1.29, 1.82) is 0 Å². The van der Waals surface area contributed by atoms with Crippen LogP contribution >= 0.6 is 11.8 Å². The number of hydrogen-bond acceptors (Lipinski definition) is 14. The van der Waals surface area contributed by atoms with Gasteiger partial charge in [-0.25, -0.2) is 4.98 Å². The summed E-state index contributed by atoms with van der Waals surface area (Å²) in [5.74, 6) is -5.28. The molecule has 1 aromatic rings. The standard InChI is InChI=1S/C36H58N8O11S/c1-36(2,43-34(52)26(37)18-25-20-39-22-42-25)29(47)17-23(27(46)16-24(21-45)33(38)51)6-4-5-9-40-31(49)8-15-56-28-19-32(50)44(35(28)53)11-7-30(48)41-10-12-55-14-13-54-3/h20,22-24,26,28,45H,4-19,21,37H2,1-3H3,(H2,38,51)(H,39,42)(H,40,49)(H,41,48)(H,43,52)/t23-,24+,26+,28?/m1/s1. The number of aliphatic hydroxyl groups is 1. The van der Waals surface area contributed by atoms with Crippen molar-refractivity contribution >= 4 is 58.8 Å². The van der Waals surface area contributed by atoms with Crippen molar-refractivity contribution in [3.05, 3.63) is 18.2 Å². The van der Waals surface area contributed by atoms with E-state index in [1.807, 2.05) is 0 Å². The molecule has 0 spiro atoms. The lowest BCUT2D eigenvalue weighted by atomic mass is 9.83. The van der Waals surface area contributed by atoms with E-state index in [-0.39, 0.29) is 87.4 Å². The second kappa shape index (κ2) is 25.1. The van der Waals surface area contributed by atoms with Crippen molar-refractivity contribution in [2.24, 2.45) is 23.3 Å². The van der Waals surface area contributed by atoms with E-state index in [2.05, 4.69) is 25.9 Å². The molecule has 1 saturated heterocycles. The van der Waals surface area contributed by atoms with Gasteiger partial charge in [0.15, 0.2) is 5.78 Å². The van der Waals surface area contributed by atoms with Gasteiger partial charge in [0.05, 0.1) is 55.5 Å². The zero-order valence-electron chi connectivity index (χ0n) is 32.5. The maximum Gasteiger partial charge on any atom is 0.242 e. The van der Waals surface area contributed by atoms with Crippen LogP contribution < -0.4 is 27.4 Å². The van der Waals surface area contributed by atoms with Crippen LogP contribution in [0.5, 0.6) is 0 Å². The van der Waals surface area contributed by atoms with E-state index >= 15 is 0 Å². The first kappa shape index (κ1) is 47.9. The molecule has 1 fully saturated rings. The summed E-state index contributed by atoms with van der Waals surface area (Å²) in [6.07, 6.45) is 3.72. The monoisotopic (exact) mass is 810 g/mol. The van der Waals surface area contributed by atoms with Gasteiger partial charge in [0.1, 0.15) is 5.78 Å². The molecule has 20 heteroatoms. The van der Waals surface area contributed by atoms with E-state index < -0.39 is 58.7 Å². The molecule has 1 aliphatic rings. The van der Waals surface area contributed by atoms with Gasteiger partial charge in [-0.05, 0) is 26.7 Å². The Kier molecular flexibility index (Phi) is 21.5. The number of nitrogens with zero attached hydrogens (tertiary/aromatic N) is 2. The van der Waals surface area contributed by atoms with E-state index in [0.29, 0.717) is 44.9 Å². The van der Waals surface area contributed by atoms with E-state index in [0.717, 1.165) is 4.90 Å². The number of imidazole rings is 1. The van der Waals surface area contributed by atoms with Gasteiger partial charge in [0.2, 0.25) is 35.4 Å². The first-order valence-electron chi connectivity index (χ1n) is 18.7. The number of hydrogen-bond donors (Lipinski definition) is 7. The molecule has 0 aromatic carbocycles. The van der Waals surface area contributed by atoms with Crippen molar-refractivity contribution in [2.45, 2.75) is 88.5 Å². The third kappa shape index (κ3) is 17.3. The summed E-state index contributed by atoms with van der Waals surface area (Å²) in [5, 5.41) is 17.0.